The lowest BCUT2D eigenvalue weighted by Gasteiger charge is -2.13. The van der Waals surface area contributed by atoms with E-state index in [1.807, 2.05) is 0 Å². The van der Waals surface area contributed by atoms with Crippen LogP contribution >= 0.6 is 23.2 Å². The van der Waals surface area contributed by atoms with Crippen molar-refractivity contribution in [2.45, 2.75) is 6.54 Å². The fourth-order valence-electron chi connectivity index (χ4n) is 3.29. The van der Waals surface area contributed by atoms with Gasteiger partial charge in [0.1, 0.15) is 0 Å². The maximum Gasteiger partial charge on any atom is 0.332 e. The van der Waals surface area contributed by atoms with Gasteiger partial charge in [-0.3, -0.25) is 18.5 Å². The summed E-state index contributed by atoms with van der Waals surface area (Å²) in [6.07, 6.45) is 0. The van der Waals surface area contributed by atoms with Crippen molar-refractivity contribution in [2.24, 2.45) is 14.1 Å². The number of ether oxygens (including phenoxy) is 2. The van der Waals surface area contributed by atoms with Crippen molar-refractivity contribution in [3.63, 3.8) is 0 Å². The summed E-state index contributed by atoms with van der Waals surface area (Å²) >= 11 is 12.7. The molecular weight excluding hydrogens is 443 g/mol. The van der Waals surface area contributed by atoms with Crippen molar-refractivity contribution < 1.29 is 9.47 Å². The second kappa shape index (κ2) is 8.13. The largest absolute Gasteiger partial charge is 0.493 e. The summed E-state index contributed by atoms with van der Waals surface area (Å²) in [7, 11) is 4.47. The van der Waals surface area contributed by atoms with Gasteiger partial charge in [0.2, 0.25) is 0 Å². The molecule has 8 nitrogen and oxygen atoms in total. The Labute approximate surface area is 186 Å². The molecule has 4 rings (SSSR count). The lowest BCUT2D eigenvalue weighted by atomic mass is 10.2. The standard InChI is InChI=1S/C21H18Cl2N4O4/c1-25-18-17(19(28)26(2)21(25)29)27(11-12-13(22)7-6-8-14(12)23)20(24-18)31-16-10-5-4-9-15(16)30-3/h4-10H,11H2,1-3H3. The van der Waals surface area contributed by atoms with E-state index in [0.717, 1.165) is 4.57 Å². The minimum atomic E-state index is -0.511. The van der Waals surface area contributed by atoms with Gasteiger partial charge >= 0.3 is 11.7 Å². The zero-order valence-electron chi connectivity index (χ0n) is 16.9. The van der Waals surface area contributed by atoms with Crippen molar-refractivity contribution in [3.05, 3.63) is 78.9 Å². The van der Waals surface area contributed by atoms with Gasteiger partial charge in [-0.05, 0) is 24.3 Å². The lowest BCUT2D eigenvalue weighted by Crippen LogP contribution is -2.37. The monoisotopic (exact) mass is 460 g/mol. The molecule has 31 heavy (non-hydrogen) atoms. The van der Waals surface area contributed by atoms with Crippen LogP contribution in [0, 0.1) is 0 Å². The van der Waals surface area contributed by atoms with Crippen LogP contribution in [0.4, 0.5) is 0 Å². The van der Waals surface area contributed by atoms with Gasteiger partial charge < -0.3 is 9.47 Å². The van der Waals surface area contributed by atoms with Crippen molar-refractivity contribution >= 4 is 34.4 Å². The second-order valence-corrected chi connectivity index (χ2v) is 7.63. The summed E-state index contributed by atoms with van der Waals surface area (Å²) in [5.41, 5.74) is -0.0528. The number of methoxy groups -OCH3 is 1. The highest BCUT2D eigenvalue weighted by Crippen LogP contribution is 2.33. The number of rotatable bonds is 5. The highest BCUT2D eigenvalue weighted by molar-refractivity contribution is 6.36. The van der Waals surface area contributed by atoms with Crippen LogP contribution in [0.1, 0.15) is 5.56 Å². The van der Waals surface area contributed by atoms with Gasteiger partial charge in [0.15, 0.2) is 22.7 Å². The first-order valence-electron chi connectivity index (χ1n) is 9.23. The van der Waals surface area contributed by atoms with Crippen LogP contribution in [0.25, 0.3) is 11.2 Å². The van der Waals surface area contributed by atoms with Crippen LogP contribution in [0.3, 0.4) is 0 Å². The van der Waals surface area contributed by atoms with E-state index in [1.165, 1.54) is 25.8 Å². The van der Waals surface area contributed by atoms with Crippen molar-refractivity contribution in [1.29, 1.82) is 0 Å². The van der Waals surface area contributed by atoms with Gasteiger partial charge in [0.05, 0.1) is 13.7 Å². The van der Waals surface area contributed by atoms with Crippen LogP contribution in [0.2, 0.25) is 10.0 Å². The minimum Gasteiger partial charge on any atom is -0.493 e. The van der Waals surface area contributed by atoms with Gasteiger partial charge in [-0.25, -0.2) is 4.79 Å². The number of aromatic nitrogens is 4. The Balaban J connectivity index is 2.00. The predicted octanol–water partition coefficient (Wildman–Crippen LogP) is 3.59. The molecule has 0 atom stereocenters. The van der Waals surface area contributed by atoms with E-state index in [1.54, 1.807) is 47.0 Å². The molecule has 0 amide bonds. The number of benzene rings is 2. The van der Waals surface area contributed by atoms with Gasteiger partial charge in [-0.1, -0.05) is 41.4 Å². The third-order valence-corrected chi connectivity index (χ3v) is 5.67. The smallest absolute Gasteiger partial charge is 0.332 e. The van der Waals surface area contributed by atoms with Gasteiger partial charge in [-0.2, -0.15) is 4.98 Å². The molecule has 0 spiro atoms. The highest BCUT2D eigenvalue weighted by atomic mass is 35.5. The second-order valence-electron chi connectivity index (χ2n) is 6.81. The predicted molar refractivity (Wildman–Crippen MR) is 119 cm³/mol. The maximum absolute atomic E-state index is 13.0. The van der Waals surface area contributed by atoms with Crippen LogP contribution < -0.4 is 20.7 Å². The van der Waals surface area contributed by atoms with E-state index >= 15 is 0 Å². The van der Waals surface area contributed by atoms with E-state index in [9.17, 15) is 9.59 Å². The molecule has 0 aliphatic rings. The molecule has 0 bridgehead atoms. The van der Waals surface area contributed by atoms with Crippen LogP contribution in [-0.4, -0.2) is 25.8 Å². The first-order valence-corrected chi connectivity index (χ1v) is 9.99. The van der Waals surface area contributed by atoms with E-state index < -0.39 is 11.2 Å². The molecule has 4 aromatic rings. The Morgan fingerprint density at radius 1 is 0.935 bits per heavy atom. The first kappa shape index (κ1) is 21.0. The van der Waals surface area contributed by atoms with E-state index in [-0.39, 0.29) is 23.7 Å². The first-order chi connectivity index (χ1) is 14.8. The van der Waals surface area contributed by atoms with Crippen LogP contribution in [0.5, 0.6) is 17.5 Å². The molecule has 10 heteroatoms. The molecule has 2 aromatic carbocycles. The molecule has 2 aromatic heterocycles. The molecule has 0 radical (unpaired) electrons. The van der Waals surface area contributed by atoms with Crippen LogP contribution in [0.15, 0.2) is 52.1 Å². The average molecular weight is 461 g/mol. The van der Waals surface area contributed by atoms with E-state index in [0.29, 0.717) is 27.1 Å². The lowest BCUT2D eigenvalue weighted by molar-refractivity contribution is 0.361. The number of nitrogens with zero attached hydrogens (tertiary/aromatic N) is 4. The highest BCUT2D eigenvalue weighted by Gasteiger charge is 2.23. The third-order valence-electron chi connectivity index (χ3n) is 4.96. The SMILES string of the molecule is COc1ccccc1Oc1nc2c(c(=O)n(C)c(=O)n2C)n1Cc1c(Cl)cccc1Cl. The molecule has 0 saturated heterocycles. The van der Waals surface area contributed by atoms with Gasteiger partial charge in [-0.15, -0.1) is 0 Å². The fourth-order valence-corrected chi connectivity index (χ4v) is 3.81. The number of hydrogen-bond donors (Lipinski definition) is 0. The minimum absolute atomic E-state index is 0.0915. The molecule has 0 saturated carbocycles. The number of fused-ring (bicyclic) bond motifs is 1. The average Bonchev–Trinajstić information content (AvgIpc) is 3.12. The third kappa shape index (κ3) is 3.58. The zero-order valence-corrected chi connectivity index (χ0v) is 18.4. The maximum atomic E-state index is 13.0. The summed E-state index contributed by atoms with van der Waals surface area (Å²) in [6, 6.07) is 12.3. The molecule has 0 aliphatic heterocycles. The number of aryl methyl sites for hydroxylation is 1. The Bertz CT molecular complexity index is 1400. The fraction of sp³-hybridized carbons (Fsp3) is 0.190. The summed E-state index contributed by atoms with van der Waals surface area (Å²) in [5.74, 6) is 0.882. The Morgan fingerprint density at radius 2 is 1.58 bits per heavy atom. The van der Waals surface area contributed by atoms with Crippen molar-refractivity contribution in [2.75, 3.05) is 7.11 Å². The van der Waals surface area contributed by atoms with Crippen LogP contribution in [-0.2, 0) is 20.6 Å². The topological polar surface area (TPSA) is 80.3 Å². The van der Waals surface area contributed by atoms with Crippen molar-refractivity contribution in [3.8, 4) is 17.5 Å². The number of para-hydroxylation sites is 2. The molecule has 2 heterocycles. The molecule has 0 aliphatic carbocycles. The molecular formula is C21H18Cl2N4O4. The Morgan fingerprint density at radius 3 is 2.23 bits per heavy atom. The quantitative estimate of drug-likeness (QED) is 0.454. The number of halogens is 2. The number of hydrogen-bond acceptors (Lipinski definition) is 5. The molecule has 0 N–H and O–H groups in total. The Kier molecular flexibility index (Phi) is 5.51. The van der Waals surface area contributed by atoms with E-state index in [2.05, 4.69) is 4.98 Å². The number of imidazole rings is 1. The normalized spacial score (nSPS) is 11.1. The zero-order chi connectivity index (χ0) is 22.3. The molecule has 160 valence electrons. The molecule has 0 fully saturated rings. The van der Waals surface area contributed by atoms with Gasteiger partial charge in [0.25, 0.3) is 5.56 Å². The van der Waals surface area contributed by atoms with Gasteiger partial charge in [0, 0.05) is 29.7 Å². The summed E-state index contributed by atoms with van der Waals surface area (Å²) in [5, 5.41) is 0.860. The Hall–Kier alpha value is -3.23. The molecule has 0 unspecified atom stereocenters. The summed E-state index contributed by atoms with van der Waals surface area (Å²) < 4.78 is 15.2. The summed E-state index contributed by atoms with van der Waals surface area (Å²) in [6.45, 7) is 0.104. The van der Waals surface area contributed by atoms with Crippen molar-refractivity contribution in [1.82, 2.24) is 18.7 Å². The summed E-state index contributed by atoms with van der Waals surface area (Å²) in [4.78, 5) is 29.9. The van der Waals surface area contributed by atoms with E-state index in [4.69, 9.17) is 32.7 Å².